The standard InChI is InChI=1S/C18H24N2O4/c1-3-4-10-16(18(23)24)19-17(22)13-20(14(2)21)12-11-15-8-6-5-7-9-15/h3-9,16H,10-13H2,1-2H3,(H,19,22)(H,23,24)/b4-3+. The highest BCUT2D eigenvalue weighted by atomic mass is 16.4. The zero-order valence-electron chi connectivity index (χ0n) is 14.1. The van der Waals surface area contributed by atoms with E-state index in [9.17, 15) is 14.4 Å². The maximum atomic E-state index is 12.1. The number of nitrogens with one attached hydrogen (secondary N) is 1. The van der Waals surface area contributed by atoms with Crippen LogP contribution < -0.4 is 5.32 Å². The summed E-state index contributed by atoms with van der Waals surface area (Å²) < 4.78 is 0. The zero-order chi connectivity index (χ0) is 17.9. The van der Waals surface area contributed by atoms with Gasteiger partial charge >= 0.3 is 5.97 Å². The first-order valence-electron chi connectivity index (χ1n) is 7.86. The Bertz CT molecular complexity index is 584. The number of amides is 2. The van der Waals surface area contributed by atoms with E-state index in [0.717, 1.165) is 5.56 Å². The lowest BCUT2D eigenvalue weighted by molar-refractivity contribution is -0.142. The second kappa shape index (κ2) is 10.2. The highest BCUT2D eigenvalue weighted by Gasteiger charge is 2.20. The van der Waals surface area contributed by atoms with Crippen LogP contribution in [0, 0.1) is 0 Å². The van der Waals surface area contributed by atoms with Crippen LogP contribution in [-0.4, -0.2) is 46.9 Å². The van der Waals surface area contributed by atoms with Crippen molar-refractivity contribution in [3.63, 3.8) is 0 Å². The van der Waals surface area contributed by atoms with Crippen LogP contribution in [0.3, 0.4) is 0 Å². The van der Waals surface area contributed by atoms with Crippen LogP contribution >= 0.6 is 0 Å². The third kappa shape index (κ3) is 7.09. The molecule has 1 aromatic rings. The summed E-state index contributed by atoms with van der Waals surface area (Å²) >= 11 is 0. The Balaban J connectivity index is 2.58. The van der Waals surface area contributed by atoms with Crippen LogP contribution in [0.25, 0.3) is 0 Å². The molecule has 6 nitrogen and oxygen atoms in total. The van der Waals surface area contributed by atoms with E-state index >= 15 is 0 Å². The molecule has 0 saturated carbocycles. The Kier molecular flexibility index (Phi) is 8.25. The van der Waals surface area contributed by atoms with Crippen LogP contribution in [0.15, 0.2) is 42.5 Å². The summed E-state index contributed by atoms with van der Waals surface area (Å²) in [5, 5.41) is 11.6. The number of carboxylic acids is 1. The zero-order valence-corrected chi connectivity index (χ0v) is 14.1. The van der Waals surface area contributed by atoms with Crippen LogP contribution in [0.1, 0.15) is 25.8 Å². The van der Waals surface area contributed by atoms with Crippen molar-refractivity contribution >= 4 is 17.8 Å². The molecular formula is C18H24N2O4. The lowest BCUT2D eigenvalue weighted by atomic mass is 10.1. The van der Waals surface area contributed by atoms with E-state index in [1.807, 2.05) is 30.3 Å². The predicted molar refractivity (Wildman–Crippen MR) is 91.4 cm³/mol. The first-order chi connectivity index (χ1) is 11.4. The van der Waals surface area contributed by atoms with Gasteiger partial charge in [0.2, 0.25) is 11.8 Å². The Hall–Kier alpha value is -2.63. The van der Waals surface area contributed by atoms with Gasteiger partial charge in [0.15, 0.2) is 0 Å². The van der Waals surface area contributed by atoms with Gasteiger partial charge in [0, 0.05) is 13.5 Å². The number of hydrogen-bond donors (Lipinski definition) is 2. The quantitative estimate of drug-likeness (QED) is 0.673. The van der Waals surface area contributed by atoms with Crippen molar-refractivity contribution in [1.82, 2.24) is 10.2 Å². The Morgan fingerprint density at radius 2 is 1.92 bits per heavy atom. The molecule has 1 unspecified atom stereocenters. The summed E-state index contributed by atoms with van der Waals surface area (Å²) in [6.07, 6.45) is 4.25. The minimum atomic E-state index is -1.10. The molecule has 6 heteroatoms. The Morgan fingerprint density at radius 1 is 1.25 bits per heavy atom. The number of carboxylic acid groups (broad SMARTS) is 1. The summed E-state index contributed by atoms with van der Waals surface area (Å²) in [5.41, 5.74) is 1.07. The molecule has 1 aromatic carbocycles. The SMILES string of the molecule is C/C=C/CC(NC(=O)CN(CCc1ccccc1)C(C)=O)C(=O)O. The molecular weight excluding hydrogens is 308 g/mol. The molecule has 0 heterocycles. The fourth-order valence-electron chi connectivity index (χ4n) is 2.16. The van der Waals surface area contributed by atoms with Gasteiger partial charge in [-0.05, 0) is 25.3 Å². The number of benzene rings is 1. The molecule has 0 bridgehead atoms. The van der Waals surface area contributed by atoms with E-state index in [-0.39, 0.29) is 18.9 Å². The summed E-state index contributed by atoms with van der Waals surface area (Å²) in [5.74, 6) is -1.79. The predicted octanol–water partition coefficient (Wildman–Crippen LogP) is 1.61. The van der Waals surface area contributed by atoms with Crippen LogP contribution in [0.4, 0.5) is 0 Å². The van der Waals surface area contributed by atoms with Crippen LogP contribution in [0.2, 0.25) is 0 Å². The van der Waals surface area contributed by atoms with E-state index in [1.165, 1.54) is 11.8 Å². The van der Waals surface area contributed by atoms with Gasteiger partial charge in [-0.15, -0.1) is 0 Å². The van der Waals surface area contributed by atoms with E-state index in [2.05, 4.69) is 5.32 Å². The number of allylic oxidation sites excluding steroid dienone is 1. The van der Waals surface area contributed by atoms with Gasteiger partial charge in [-0.1, -0.05) is 42.5 Å². The van der Waals surface area contributed by atoms with Gasteiger partial charge in [-0.25, -0.2) is 4.79 Å². The number of nitrogens with zero attached hydrogens (tertiary/aromatic N) is 1. The van der Waals surface area contributed by atoms with Gasteiger partial charge in [-0.3, -0.25) is 9.59 Å². The minimum absolute atomic E-state index is 0.151. The monoisotopic (exact) mass is 332 g/mol. The molecule has 0 fully saturated rings. The maximum Gasteiger partial charge on any atom is 0.326 e. The largest absolute Gasteiger partial charge is 0.480 e. The van der Waals surface area contributed by atoms with Gasteiger partial charge in [0.05, 0.1) is 6.54 Å². The molecule has 1 atom stereocenters. The molecule has 1 rings (SSSR count). The van der Waals surface area contributed by atoms with Crippen molar-refractivity contribution in [2.45, 2.75) is 32.7 Å². The first-order valence-corrected chi connectivity index (χ1v) is 7.86. The molecule has 0 aromatic heterocycles. The number of carbonyl (C=O) groups is 3. The first kappa shape index (κ1) is 19.4. The van der Waals surface area contributed by atoms with Crippen molar-refractivity contribution in [1.29, 1.82) is 0 Å². The van der Waals surface area contributed by atoms with Gasteiger partial charge in [-0.2, -0.15) is 0 Å². The summed E-state index contributed by atoms with van der Waals surface area (Å²) in [4.78, 5) is 36.3. The van der Waals surface area contributed by atoms with Crippen molar-refractivity contribution in [2.24, 2.45) is 0 Å². The molecule has 24 heavy (non-hydrogen) atoms. The maximum absolute atomic E-state index is 12.1. The molecule has 0 saturated heterocycles. The topological polar surface area (TPSA) is 86.7 Å². The van der Waals surface area contributed by atoms with Gasteiger partial charge in [0.1, 0.15) is 6.04 Å². The van der Waals surface area contributed by atoms with Crippen molar-refractivity contribution in [3.8, 4) is 0 Å². The highest BCUT2D eigenvalue weighted by molar-refractivity contribution is 5.87. The number of hydrogen-bond acceptors (Lipinski definition) is 3. The van der Waals surface area contributed by atoms with Gasteiger partial charge < -0.3 is 15.3 Å². The molecule has 0 radical (unpaired) electrons. The Morgan fingerprint density at radius 3 is 2.46 bits per heavy atom. The van der Waals surface area contributed by atoms with E-state index in [0.29, 0.717) is 13.0 Å². The average molecular weight is 332 g/mol. The average Bonchev–Trinajstić information content (AvgIpc) is 2.55. The molecule has 0 aliphatic rings. The second-order valence-corrected chi connectivity index (χ2v) is 5.44. The molecule has 0 spiro atoms. The molecule has 130 valence electrons. The third-order valence-electron chi connectivity index (χ3n) is 3.53. The summed E-state index contributed by atoms with van der Waals surface area (Å²) in [7, 11) is 0. The normalized spacial score (nSPS) is 11.9. The van der Waals surface area contributed by atoms with E-state index in [4.69, 9.17) is 5.11 Å². The van der Waals surface area contributed by atoms with Crippen molar-refractivity contribution < 1.29 is 19.5 Å². The lowest BCUT2D eigenvalue weighted by Gasteiger charge is -2.22. The molecule has 0 aliphatic heterocycles. The minimum Gasteiger partial charge on any atom is -0.480 e. The van der Waals surface area contributed by atoms with Crippen LogP contribution in [-0.2, 0) is 20.8 Å². The molecule has 2 N–H and O–H groups in total. The lowest BCUT2D eigenvalue weighted by Crippen LogP contribution is -2.46. The Labute approximate surface area is 142 Å². The fraction of sp³-hybridized carbons (Fsp3) is 0.389. The summed E-state index contributed by atoms with van der Waals surface area (Å²) in [6, 6.07) is 8.66. The number of aliphatic carboxylic acids is 1. The number of carbonyl (C=O) groups excluding carboxylic acids is 2. The third-order valence-corrected chi connectivity index (χ3v) is 3.53. The van der Waals surface area contributed by atoms with Gasteiger partial charge in [0.25, 0.3) is 0 Å². The highest BCUT2D eigenvalue weighted by Crippen LogP contribution is 2.02. The van der Waals surface area contributed by atoms with Crippen molar-refractivity contribution in [3.05, 3.63) is 48.0 Å². The smallest absolute Gasteiger partial charge is 0.326 e. The number of rotatable bonds is 9. The fourth-order valence-corrected chi connectivity index (χ4v) is 2.16. The van der Waals surface area contributed by atoms with Crippen LogP contribution in [0.5, 0.6) is 0 Å². The van der Waals surface area contributed by atoms with E-state index < -0.39 is 17.9 Å². The van der Waals surface area contributed by atoms with Crippen molar-refractivity contribution in [2.75, 3.05) is 13.1 Å². The molecule has 0 aliphatic carbocycles. The second-order valence-electron chi connectivity index (χ2n) is 5.44. The summed E-state index contributed by atoms with van der Waals surface area (Å²) in [6.45, 7) is 3.43. The molecule has 2 amide bonds. The van der Waals surface area contributed by atoms with E-state index in [1.54, 1.807) is 19.1 Å².